The van der Waals surface area contributed by atoms with Crippen LogP contribution in [0.2, 0.25) is 5.02 Å². The zero-order valence-corrected chi connectivity index (χ0v) is 20.7. The van der Waals surface area contributed by atoms with E-state index >= 15 is 4.39 Å². The lowest BCUT2D eigenvalue weighted by Gasteiger charge is -2.13. The lowest BCUT2D eigenvalue weighted by atomic mass is 10.1. The first-order valence-corrected chi connectivity index (χ1v) is 12.1. The van der Waals surface area contributed by atoms with Gasteiger partial charge in [-0.05, 0) is 53.6 Å². The van der Waals surface area contributed by atoms with Crippen molar-refractivity contribution in [3.05, 3.63) is 76.1 Å². The van der Waals surface area contributed by atoms with Crippen molar-refractivity contribution in [2.75, 3.05) is 28.4 Å². The second kappa shape index (κ2) is 10.8. The molecule has 6 nitrogen and oxygen atoms in total. The van der Waals surface area contributed by atoms with Crippen molar-refractivity contribution in [2.45, 2.75) is 10.6 Å². The smallest absolute Gasteiger partial charge is 0.203 e. The molecule has 3 aromatic carbocycles. The molecule has 9 heteroatoms. The zero-order valence-electron chi connectivity index (χ0n) is 19.1. The van der Waals surface area contributed by atoms with E-state index in [9.17, 15) is 8.42 Å². The van der Waals surface area contributed by atoms with Crippen LogP contribution in [0.4, 0.5) is 4.39 Å². The van der Waals surface area contributed by atoms with Gasteiger partial charge >= 0.3 is 0 Å². The van der Waals surface area contributed by atoms with Gasteiger partial charge in [0.2, 0.25) is 5.75 Å². The second-order valence-electron chi connectivity index (χ2n) is 7.15. The third-order valence-electron chi connectivity index (χ3n) is 5.11. The molecule has 0 aliphatic rings. The molecule has 0 atom stereocenters. The number of halogens is 2. The van der Waals surface area contributed by atoms with E-state index in [1.165, 1.54) is 58.8 Å². The Kier molecular flexibility index (Phi) is 8.06. The van der Waals surface area contributed by atoms with Crippen LogP contribution >= 0.6 is 11.6 Å². The van der Waals surface area contributed by atoms with Crippen LogP contribution in [0.3, 0.4) is 0 Å². The van der Waals surface area contributed by atoms with Crippen LogP contribution in [0.1, 0.15) is 16.7 Å². The summed E-state index contributed by atoms with van der Waals surface area (Å²) in [6.45, 7) is 0. The Morgan fingerprint density at radius 1 is 0.824 bits per heavy atom. The number of rotatable bonds is 9. The lowest BCUT2D eigenvalue weighted by Crippen LogP contribution is -2.09. The molecular weight excluding hydrogens is 483 g/mol. The van der Waals surface area contributed by atoms with E-state index < -0.39 is 21.4 Å². The molecule has 0 radical (unpaired) electrons. The van der Waals surface area contributed by atoms with E-state index in [1.807, 2.05) is 0 Å². The fourth-order valence-corrected chi connectivity index (χ4v) is 4.89. The minimum absolute atomic E-state index is 0.0157. The van der Waals surface area contributed by atoms with Gasteiger partial charge in [-0.25, -0.2) is 12.8 Å². The van der Waals surface area contributed by atoms with Crippen molar-refractivity contribution in [1.29, 1.82) is 0 Å². The molecule has 34 heavy (non-hydrogen) atoms. The van der Waals surface area contributed by atoms with Gasteiger partial charge in [0.15, 0.2) is 32.9 Å². The van der Waals surface area contributed by atoms with Crippen LogP contribution < -0.4 is 18.9 Å². The summed E-state index contributed by atoms with van der Waals surface area (Å²) in [7, 11) is 1.97. The maximum absolute atomic E-state index is 15.2. The Labute approximate surface area is 203 Å². The molecule has 0 unspecified atom stereocenters. The van der Waals surface area contributed by atoms with Crippen molar-refractivity contribution in [3.63, 3.8) is 0 Å². The van der Waals surface area contributed by atoms with E-state index in [0.717, 1.165) is 0 Å². The molecule has 0 saturated heterocycles. The van der Waals surface area contributed by atoms with Crippen LogP contribution in [0, 0.1) is 5.82 Å². The summed E-state index contributed by atoms with van der Waals surface area (Å²) >= 11 is 5.87. The third-order valence-corrected chi connectivity index (χ3v) is 7.02. The average molecular weight is 507 g/mol. The van der Waals surface area contributed by atoms with E-state index in [1.54, 1.807) is 30.4 Å². The second-order valence-corrected chi connectivity index (χ2v) is 9.58. The molecule has 0 aliphatic carbocycles. The lowest BCUT2D eigenvalue weighted by molar-refractivity contribution is 0.324. The monoisotopic (exact) mass is 506 g/mol. The molecule has 0 spiro atoms. The molecule has 0 amide bonds. The summed E-state index contributed by atoms with van der Waals surface area (Å²) in [6, 6.07) is 12.2. The van der Waals surface area contributed by atoms with Crippen molar-refractivity contribution in [2.24, 2.45) is 0 Å². The minimum Gasteiger partial charge on any atom is -0.494 e. The van der Waals surface area contributed by atoms with E-state index in [-0.39, 0.29) is 16.2 Å². The predicted molar refractivity (Wildman–Crippen MR) is 130 cm³/mol. The van der Waals surface area contributed by atoms with E-state index in [0.29, 0.717) is 33.4 Å². The Hall–Kier alpha value is -3.23. The number of ether oxygens (including phenoxy) is 4. The summed E-state index contributed by atoms with van der Waals surface area (Å²) in [5.41, 5.74) is 1.04. The average Bonchev–Trinajstić information content (AvgIpc) is 2.83. The molecule has 0 saturated carbocycles. The summed E-state index contributed by atoms with van der Waals surface area (Å²) in [5, 5.41) is 0.403. The minimum atomic E-state index is -3.86. The van der Waals surface area contributed by atoms with Crippen LogP contribution in [-0.4, -0.2) is 36.9 Å². The first kappa shape index (κ1) is 25.4. The first-order valence-electron chi connectivity index (χ1n) is 10.1. The van der Waals surface area contributed by atoms with Gasteiger partial charge in [-0.3, -0.25) is 0 Å². The molecule has 0 bridgehead atoms. The summed E-state index contributed by atoms with van der Waals surface area (Å²) in [5.74, 6) is -0.0151. The largest absolute Gasteiger partial charge is 0.494 e. The van der Waals surface area contributed by atoms with Crippen molar-refractivity contribution >= 4 is 33.6 Å². The molecular formula is C25H24ClFO6S. The summed E-state index contributed by atoms with van der Waals surface area (Å²) < 4.78 is 62.3. The quantitative estimate of drug-likeness (QED) is 0.349. The van der Waals surface area contributed by atoms with Gasteiger partial charge in [0.05, 0.1) is 39.1 Å². The number of hydrogen-bond acceptors (Lipinski definition) is 6. The molecule has 0 N–H and O–H groups in total. The van der Waals surface area contributed by atoms with Crippen LogP contribution in [0.15, 0.2) is 53.4 Å². The van der Waals surface area contributed by atoms with E-state index in [4.69, 9.17) is 30.5 Å². The van der Waals surface area contributed by atoms with Gasteiger partial charge in [0, 0.05) is 10.6 Å². The summed E-state index contributed by atoms with van der Waals surface area (Å²) in [4.78, 5) is 0.0404. The standard InChI is InChI=1S/C25H24ClFO6S/c1-30-21-12-7-17(6-5-16-13-22(31-2)25(33-4)23(14-16)32-3)20(24(21)27)15-34(28,29)19-10-8-18(26)9-11-19/h5-14H,15H2,1-4H3/b6-5-. The molecule has 3 aromatic rings. The van der Waals surface area contributed by atoms with Gasteiger partial charge < -0.3 is 18.9 Å². The highest BCUT2D eigenvalue weighted by molar-refractivity contribution is 7.90. The van der Waals surface area contributed by atoms with Crippen molar-refractivity contribution in [3.8, 4) is 23.0 Å². The Morgan fingerprint density at radius 2 is 1.41 bits per heavy atom. The van der Waals surface area contributed by atoms with Gasteiger partial charge in [0.25, 0.3) is 0 Å². The molecule has 0 aromatic heterocycles. The molecule has 0 fully saturated rings. The van der Waals surface area contributed by atoms with Crippen molar-refractivity contribution in [1.82, 2.24) is 0 Å². The normalized spacial score (nSPS) is 11.5. The van der Waals surface area contributed by atoms with Crippen LogP contribution in [-0.2, 0) is 15.6 Å². The van der Waals surface area contributed by atoms with Crippen LogP contribution in [0.25, 0.3) is 12.2 Å². The fraction of sp³-hybridized carbons (Fsp3) is 0.200. The van der Waals surface area contributed by atoms with Gasteiger partial charge in [-0.1, -0.05) is 29.8 Å². The highest BCUT2D eigenvalue weighted by Crippen LogP contribution is 2.39. The molecule has 180 valence electrons. The van der Waals surface area contributed by atoms with Gasteiger partial charge in [-0.2, -0.15) is 0 Å². The molecule has 0 aliphatic heterocycles. The topological polar surface area (TPSA) is 71.1 Å². The number of sulfone groups is 1. The van der Waals surface area contributed by atoms with E-state index in [2.05, 4.69) is 0 Å². The highest BCUT2D eigenvalue weighted by atomic mass is 35.5. The predicted octanol–water partition coefficient (Wildman–Crippen LogP) is 5.66. The third kappa shape index (κ3) is 5.46. The number of methoxy groups -OCH3 is 4. The number of benzene rings is 3. The fourth-order valence-electron chi connectivity index (χ4n) is 3.37. The van der Waals surface area contributed by atoms with Gasteiger partial charge in [-0.15, -0.1) is 0 Å². The van der Waals surface area contributed by atoms with Gasteiger partial charge in [0.1, 0.15) is 0 Å². The number of hydrogen-bond donors (Lipinski definition) is 0. The Bertz CT molecular complexity index is 1280. The molecule has 3 rings (SSSR count). The van der Waals surface area contributed by atoms with Crippen LogP contribution in [0.5, 0.6) is 23.0 Å². The first-order chi connectivity index (χ1) is 16.2. The molecule has 0 heterocycles. The Morgan fingerprint density at radius 3 is 1.94 bits per heavy atom. The summed E-state index contributed by atoms with van der Waals surface area (Å²) in [6.07, 6.45) is 3.32. The van der Waals surface area contributed by atoms with Crippen molar-refractivity contribution < 1.29 is 31.8 Å². The SMILES string of the molecule is COc1ccc(/C=C\c2cc(OC)c(OC)c(OC)c2)c(CS(=O)(=O)c2ccc(Cl)cc2)c1F. The highest BCUT2D eigenvalue weighted by Gasteiger charge is 2.22. The zero-order chi connectivity index (χ0) is 24.9. The maximum Gasteiger partial charge on any atom is 0.203 e. The Balaban J connectivity index is 2.05. The maximum atomic E-state index is 15.2.